The molecule has 21 heavy (non-hydrogen) atoms. The molecule has 0 spiro atoms. The van der Waals surface area contributed by atoms with E-state index in [1.54, 1.807) is 0 Å². The Kier molecular flexibility index (Phi) is 6.52. The van der Waals surface area contributed by atoms with Crippen molar-refractivity contribution in [3.63, 3.8) is 0 Å². The maximum Gasteiger partial charge on any atom is 0.124 e. The van der Waals surface area contributed by atoms with Crippen LogP contribution < -0.4 is 10.1 Å². The van der Waals surface area contributed by atoms with Crippen molar-refractivity contribution < 1.29 is 4.74 Å². The molecule has 1 fully saturated rings. The molecule has 0 aromatic heterocycles. The lowest BCUT2D eigenvalue weighted by Crippen LogP contribution is -2.37. The van der Waals surface area contributed by atoms with Crippen LogP contribution in [-0.2, 0) is 0 Å². The molecule has 2 rings (SSSR count). The number of ether oxygens (including phenoxy) is 1. The van der Waals surface area contributed by atoms with Gasteiger partial charge in [0.1, 0.15) is 5.75 Å². The van der Waals surface area contributed by atoms with Crippen LogP contribution >= 0.6 is 0 Å². The van der Waals surface area contributed by atoms with Crippen molar-refractivity contribution >= 4 is 0 Å². The van der Waals surface area contributed by atoms with E-state index < -0.39 is 0 Å². The molecule has 0 amide bonds. The average molecular weight is 290 g/mol. The first-order valence-corrected chi connectivity index (χ1v) is 8.45. The summed E-state index contributed by atoms with van der Waals surface area (Å²) in [5, 5.41) is 3.71. The summed E-state index contributed by atoms with van der Waals surface area (Å²) in [6.07, 6.45) is 3.81. The minimum atomic E-state index is 0.355. The topological polar surface area (TPSA) is 24.5 Å². The van der Waals surface area contributed by atoms with E-state index in [0.29, 0.717) is 12.1 Å². The zero-order valence-corrected chi connectivity index (χ0v) is 13.8. The van der Waals surface area contributed by atoms with Crippen LogP contribution in [0.25, 0.3) is 0 Å². The third-order valence-corrected chi connectivity index (χ3v) is 4.34. The van der Waals surface area contributed by atoms with Gasteiger partial charge in [-0.05, 0) is 52.3 Å². The lowest BCUT2D eigenvalue weighted by Gasteiger charge is -2.29. The van der Waals surface area contributed by atoms with Gasteiger partial charge >= 0.3 is 0 Å². The Labute approximate surface area is 129 Å². The Morgan fingerprint density at radius 3 is 2.81 bits per heavy atom. The second kappa shape index (κ2) is 8.40. The molecule has 0 aliphatic carbocycles. The largest absolute Gasteiger partial charge is 0.494 e. The van der Waals surface area contributed by atoms with Crippen molar-refractivity contribution in [2.45, 2.75) is 52.1 Å². The second-order valence-corrected chi connectivity index (χ2v) is 5.96. The highest BCUT2D eigenvalue weighted by Crippen LogP contribution is 2.28. The van der Waals surface area contributed by atoms with Crippen molar-refractivity contribution in [1.29, 1.82) is 0 Å². The van der Waals surface area contributed by atoms with E-state index in [1.807, 2.05) is 6.92 Å². The maximum absolute atomic E-state index is 5.83. The van der Waals surface area contributed by atoms with E-state index in [1.165, 1.54) is 24.9 Å². The number of likely N-dealkylation sites (tertiary alicyclic amines) is 1. The number of nitrogens with zero attached hydrogens (tertiary/aromatic N) is 1. The van der Waals surface area contributed by atoms with Crippen LogP contribution in [0.4, 0.5) is 0 Å². The Morgan fingerprint density at radius 2 is 2.14 bits per heavy atom. The van der Waals surface area contributed by atoms with Crippen LogP contribution in [0.5, 0.6) is 5.75 Å². The van der Waals surface area contributed by atoms with Crippen molar-refractivity contribution in [1.82, 2.24) is 10.2 Å². The van der Waals surface area contributed by atoms with Gasteiger partial charge in [-0.1, -0.05) is 25.1 Å². The first-order valence-electron chi connectivity index (χ1n) is 8.45. The molecule has 1 aliphatic rings. The summed E-state index contributed by atoms with van der Waals surface area (Å²) in [6.45, 7) is 10.7. The minimum absolute atomic E-state index is 0.355. The summed E-state index contributed by atoms with van der Waals surface area (Å²) < 4.78 is 5.83. The first kappa shape index (κ1) is 16.3. The number of hydrogen-bond donors (Lipinski definition) is 1. The van der Waals surface area contributed by atoms with Gasteiger partial charge in [-0.3, -0.25) is 4.90 Å². The van der Waals surface area contributed by atoms with Crippen LogP contribution in [0.15, 0.2) is 24.3 Å². The molecule has 1 aliphatic heterocycles. The van der Waals surface area contributed by atoms with Gasteiger partial charge in [0, 0.05) is 24.2 Å². The third-order valence-electron chi connectivity index (χ3n) is 4.34. The van der Waals surface area contributed by atoms with Crippen molar-refractivity contribution in [3.05, 3.63) is 29.8 Å². The number of hydrogen-bond acceptors (Lipinski definition) is 3. The number of benzene rings is 1. The van der Waals surface area contributed by atoms with Gasteiger partial charge in [0.2, 0.25) is 0 Å². The quantitative estimate of drug-likeness (QED) is 0.791. The Hall–Kier alpha value is -1.06. The van der Waals surface area contributed by atoms with Gasteiger partial charge in [-0.15, -0.1) is 0 Å². The van der Waals surface area contributed by atoms with Crippen LogP contribution in [-0.4, -0.2) is 37.2 Å². The molecule has 118 valence electrons. The van der Waals surface area contributed by atoms with Gasteiger partial charge in [0.15, 0.2) is 0 Å². The average Bonchev–Trinajstić information content (AvgIpc) is 2.90. The Morgan fingerprint density at radius 1 is 1.33 bits per heavy atom. The number of para-hydroxylation sites is 1. The molecule has 0 saturated carbocycles. The molecule has 2 unspecified atom stereocenters. The lowest BCUT2D eigenvalue weighted by molar-refractivity contribution is 0.233. The molecule has 1 aromatic rings. The fourth-order valence-electron chi connectivity index (χ4n) is 3.15. The molecular weight excluding hydrogens is 260 g/mol. The molecule has 0 bridgehead atoms. The fourth-order valence-corrected chi connectivity index (χ4v) is 3.15. The monoisotopic (exact) mass is 290 g/mol. The molecule has 3 nitrogen and oxygen atoms in total. The predicted molar refractivity (Wildman–Crippen MR) is 88.9 cm³/mol. The standard InChI is InChI=1S/C18H30N2O/c1-4-12-19-17(14-20-13-8-9-15(20)3)16-10-6-7-11-18(16)21-5-2/h6-7,10-11,15,17,19H,4-5,8-9,12-14H2,1-3H3. The van der Waals surface area contributed by atoms with Crippen LogP contribution in [0.1, 0.15) is 51.6 Å². The zero-order chi connectivity index (χ0) is 15.1. The maximum atomic E-state index is 5.83. The summed E-state index contributed by atoms with van der Waals surface area (Å²) in [5.74, 6) is 1.03. The molecule has 1 saturated heterocycles. The predicted octanol–water partition coefficient (Wildman–Crippen LogP) is 3.61. The Balaban J connectivity index is 2.14. The number of rotatable bonds is 8. The van der Waals surface area contributed by atoms with E-state index in [4.69, 9.17) is 4.74 Å². The normalized spacial score (nSPS) is 20.6. The highest BCUT2D eigenvalue weighted by Gasteiger charge is 2.25. The van der Waals surface area contributed by atoms with E-state index >= 15 is 0 Å². The van der Waals surface area contributed by atoms with E-state index in [0.717, 1.165) is 31.9 Å². The number of nitrogens with one attached hydrogen (secondary N) is 1. The molecule has 1 heterocycles. The van der Waals surface area contributed by atoms with Crippen molar-refractivity contribution in [2.75, 3.05) is 26.2 Å². The van der Waals surface area contributed by atoms with Crippen molar-refractivity contribution in [3.8, 4) is 5.75 Å². The van der Waals surface area contributed by atoms with Gasteiger partial charge in [0.25, 0.3) is 0 Å². The summed E-state index contributed by atoms with van der Waals surface area (Å²) >= 11 is 0. The smallest absolute Gasteiger partial charge is 0.124 e. The van der Waals surface area contributed by atoms with Crippen molar-refractivity contribution in [2.24, 2.45) is 0 Å². The first-order chi connectivity index (χ1) is 10.3. The molecule has 1 N–H and O–H groups in total. The lowest BCUT2D eigenvalue weighted by atomic mass is 10.0. The van der Waals surface area contributed by atoms with Gasteiger partial charge < -0.3 is 10.1 Å². The third kappa shape index (κ3) is 4.45. The summed E-state index contributed by atoms with van der Waals surface area (Å²) in [6, 6.07) is 9.53. The molecule has 0 radical (unpaired) electrons. The van der Waals surface area contributed by atoms with E-state index in [2.05, 4.69) is 48.3 Å². The van der Waals surface area contributed by atoms with Crippen LogP contribution in [0.2, 0.25) is 0 Å². The highest BCUT2D eigenvalue weighted by molar-refractivity contribution is 5.36. The summed E-state index contributed by atoms with van der Waals surface area (Å²) in [5.41, 5.74) is 1.30. The molecular formula is C18H30N2O. The van der Waals surface area contributed by atoms with Crippen LogP contribution in [0.3, 0.4) is 0 Å². The van der Waals surface area contributed by atoms with E-state index in [9.17, 15) is 0 Å². The fraction of sp³-hybridized carbons (Fsp3) is 0.667. The van der Waals surface area contributed by atoms with Crippen LogP contribution in [0, 0.1) is 0 Å². The molecule has 3 heteroatoms. The van der Waals surface area contributed by atoms with Gasteiger partial charge in [0.05, 0.1) is 6.61 Å². The summed E-state index contributed by atoms with van der Waals surface area (Å²) in [4.78, 5) is 2.61. The Bertz CT molecular complexity index is 421. The SMILES string of the molecule is CCCNC(CN1CCCC1C)c1ccccc1OCC. The molecule has 1 aromatic carbocycles. The minimum Gasteiger partial charge on any atom is -0.494 e. The second-order valence-electron chi connectivity index (χ2n) is 5.96. The van der Waals surface area contributed by atoms with Gasteiger partial charge in [-0.25, -0.2) is 0 Å². The van der Waals surface area contributed by atoms with Gasteiger partial charge in [-0.2, -0.15) is 0 Å². The zero-order valence-electron chi connectivity index (χ0n) is 13.8. The van der Waals surface area contributed by atoms with E-state index in [-0.39, 0.29) is 0 Å². The molecule has 2 atom stereocenters. The summed E-state index contributed by atoms with van der Waals surface area (Å²) in [7, 11) is 0. The highest BCUT2D eigenvalue weighted by atomic mass is 16.5.